The quantitative estimate of drug-likeness (QED) is 0.163. The second-order valence-corrected chi connectivity index (χ2v) is 14.3. The summed E-state index contributed by atoms with van der Waals surface area (Å²) in [4.78, 5) is 30.1. The minimum Gasteiger partial charge on any atom is -0.495 e. The van der Waals surface area contributed by atoms with Crippen molar-refractivity contribution in [2.24, 2.45) is 5.92 Å². The van der Waals surface area contributed by atoms with Gasteiger partial charge < -0.3 is 15.0 Å². The number of benzene rings is 4. The Morgan fingerprint density at radius 1 is 0.851 bits per heavy atom. The van der Waals surface area contributed by atoms with Crippen molar-refractivity contribution < 1.29 is 22.7 Å². The molecule has 0 bridgehead atoms. The van der Waals surface area contributed by atoms with Crippen molar-refractivity contribution in [3.05, 3.63) is 124 Å². The van der Waals surface area contributed by atoms with Crippen molar-refractivity contribution in [1.82, 2.24) is 10.2 Å². The molecule has 0 aliphatic heterocycles. The first-order chi connectivity index (χ1) is 22.4. The van der Waals surface area contributed by atoms with Crippen LogP contribution in [0.15, 0.2) is 102 Å². The summed E-state index contributed by atoms with van der Waals surface area (Å²) in [7, 11) is -2.82. The third-order valence-electron chi connectivity index (χ3n) is 7.69. The highest BCUT2D eigenvalue weighted by Gasteiger charge is 2.35. The third kappa shape index (κ3) is 9.36. The molecule has 0 spiro atoms. The van der Waals surface area contributed by atoms with E-state index in [1.807, 2.05) is 64.1 Å². The van der Waals surface area contributed by atoms with Crippen LogP contribution in [0.5, 0.6) is 5.75 Å². The predicted molar refractivity (Wildman–Crippen MR) is 187 cm³/mol. The number of rotatable bonds is 14. The summed E-state index contributed by atoms with van der Waals surface area (Å²) >= 11 is 6.33. The van der Waals surface area contributed by atoms with Crippen LogP contribution in [-0.4, -0.2) is 51.4 Å². The molecule has 1 N–H and O–H groups in total. The lowest BCUT2D eigenvalue weighted by molar-refractivity contribution is -0.140. The number of sulfonamides is 1. The van der Waals surface area contributed by atoms with Gasteiger partial charge >= 0.3 is 0 Å². The molecule has 2 amide bonds. The van der Waals surface area contributed by atoms with Crippen molar-refractivity contribution >= 4 is 39.1 Å². The standard InChI is InChI=1S/C37H42ClN3O5S/c1-26(2)23-39-37(43)34(22-29-10-7-6-8-11-29)40(24-30-12-9-13-31(38)21-30)36(42)25-41(33-20-28(4)16-19-35(33)46-5)47(44,45)32-17-14-27(3)15-18-32/h6-21,26,34H,22-25H2,1-5H3,(H,39,43). The van der Waals surface area contributed by atoms with E-state index in [-0.39, 0.29) is 41.1 Å². The summed E-state index contributed by atoms with van der Waals surface area (Å²) in [6, 6.07) is 27.2. The molecule has 4 rings (SSSR count). The Morgan fingerprint density at radius 3 is 2.15 bits per heavy atom. The lowest BCUT2D eigenvalue weighted by Crippen LogP contribution is -2.53. The van der Waals surface area contributed by atoms with Crippen LogP contribution in [0, 0.1) is 19.8 Å². The number of methoxy groups -OCH3 is 1. The van der Waals surface area contributed by atoms with Crippen molar-refractivity contribution in [2.75, 3.05) is 24.5 Å². The molecule has 4 aromatic carbocycles. The van der Waals surface area contributed by atoms with Crippen LogP contribution >= 0.6 is 11.6 Å². The summed E-state index contributed by atoms with van der Waals surface area (Å²) < 4.78 is 35.4. The highest BCUT2D eigenvalue weighted by atomic mass is 35.5. The number of hydrogen-bond acceptors (Lipinski definition) is 5. The normalized spacial score (nSPS) is 12.0. The second kappa shape index (κ2) is 16.0. The number of nitrogens with one attached hydrogen (secondary N) is 1. The summed E-state index contributed by atoms with van der Waals surface area (Å²) in [6.45, 7) is 7.54. The lowest BCUT2D eigenvalue weighted by atomic mass is 10.0. The predicted octanol–water partition coefficient (Wildman–Crippen LogP) is 6.57. The molecule has 0 fully saturated rings. The van der Waals surface area contributed by atoms with E-state index < -0.39 is 28.5 Å². The largest absolute Gasteiger partial charge is 0.495 e. The Kier molecular flexibility index (Phi) is 12.1. The molecule has 8 nitrogen and oxygen atoms in total. The molecule has 0 heterocycles. The highest BCUT2D eigenvalue weighted by Crippen LogP contribution is 2.34. The molecule has 4 aromatic rings. The maximum atomic E-state index is 14.7. The Bertz CT molecular complexity index is 1780. The number of aryl methyl sites for hydroxylation is 2. The van der Waals surface area contributed by atoms with Gasteiger partial charge in [0.25, 0.3) is 10.0 Å². The minimum atomic E-state index is -4.27. The van der Waals surface area contributed by atoms with Crippen LogP contribution in [0.1, 0.15) is 36.1 Å². The molecule has 10 heteroatoms. The number of hydrogen-bond donors (Lipinski definition) is 1. The van der Waals surface area contributed by atoms with Crippen molar-refractivity contribution in [3.63, 3.8) is 0 Å². The van der Waals surface area contributed by atoms with E-state index >= 15 is 0 Å². The summed E-state index contributed by atoms with van der Waals surface area (Å²) in [5, 5.41) is 3.47. The minimum absolute atomic E-state index is 0.0232. The highest BCUT2D eigenvalue weighted by molar-refractivity contribution is 7.92. The first kappa shape index (κ1) is 35.5. The van der Waals surface area contributed by atoms with Crippen LogP contribution in [0.4, 0.5) is 5.69 Å². The van der Waals surface area contributed by atoms with Gasteiger partial charge in [0.1, 0.15) is 18.3 Å². The lowest BCUT2D eigenvalue weighted by Gasteiger charge is -2.34. The Balaban J connectivity index is 1.85. The smallest absolute Gasteiger partial charge is 0.264 e. The van der Waals surface area contributed by atoms with Gasteiger partial charge in [-0.3, -0.25) is 13.9 Å². The van der Waals surface area contributed by atoms with Gasteiger partial charge in [-0.25, -0.2) is 8.42 Å². The zero-order valence-corrected chi connectivity index (χ0v) is 29.0. The van der Waals surface area contributed by atoms with E-state index in [1.165, 1.54) is 24.1 Å². The summed E-state index contributed by atoms with van der Waals surface area (Å²) in [6.07, 6.45) is 0.218. The Hall–Kier alpha value is -4.34. The maximum Gasteiger partial charge on any atom is 0.264 e. The SMILES string of the molecule is COc1ccc(C)cc1N(CC(=O)N(Cc1cccc(Cl)c1)C(Cc1ccccc1)C(=O)NCC(C)C)S(=O)(=O)c1ccc(C)cc1. The van der Waals surface area contributed by atoms with Gasteiger partial charge in [0.2, 0.25) is 11.8 Å². The number of amides is 2. The van der Waals surface area contributed by atoms with Crippen molar-refractivity contribution in [3.8, 4) is 5.75 Å². The number of carbonyl (C=O) groups excluding carboxylic acids is 2. The van der Waals surface area contributed by atoms with Gasteiger partial charge in [0, 0.05) is 24.5 Å². The van der Waals surface area contributed by atoms with Crippen LogP contribution < -0.4 is 14.4 Å². The molecule has 248 valence electrons. The molecule has 0 radical (unpaired) electrons. The van der Waals surface area contributed by atoms with E-state index in [4.69, 9.17) is 16.3 Å². The van der Waals surface area contributed by atoms with Crippen molar-refractivity contribution in [1.29, 1.82) is 0 Å². The van der Waals surface area contributed by atoms with Gasteiger partial charge in [-0.05, 0) is 72.9 Å². The molecular weight excluding hydrogens is 634 g/mol. The van der Waals surface area contributed by atoms with Crippen molar-refractivity contribution in [2.45, 2.75) is 51.6 Å². The molecule has 1 unspecified atom stereocenters. The molecule has 47 heavy (non-hydrogen) atoms. The third-order valence-corrected chi connectivity index (χ3v) is 9.70. The molecule has 1 atom stereocenters. The first-order valence-electron chi connectivity index (χ1n) is 15.5. The zero-order chi connectivity index (χ0) is 34.1. The fraction of sp³-hybridized carbons (Fsp3) is 0.297. The molecule has 0 aliphatic carbocycles. The van der Waals surface area contributed by atoms with Crippen LogP contribution in [0.25, 0.3) is 0 Å². The fourth-order valence-corrected chi connectivity index (χ4v) is 6.78. The summed E-state index contributed by atoms with van der Waals surface area (Å²) in [5.41, 5.74) is 3.44. The molecule has 0 aliphatic rings. The molecule has 0 aromatic heterocycles. The van der Waals surface area contributed by atoms with Gasteiger partial charge in [-0.15, -0.1) is 0 Å². The number of carbonyl (C=O) groups is 2. The average Bonchev–Trinajstić information content (AvgIpc) is 3.04. The van der Waals surface area contributed by atoms with Gasteiger partial charge in [0.05, 0.1) is 17.7 Å². The fourth-order valence-electron chi connectivity index (χ4n) is 5.15. The van der Waals surface area contributed by atoms with Crippen LogP contribution in [-0.2, 0) is 32.6 Å². The molecule has 0 saturated heterocycles. The van der Waals surface area contributed by atoms with Crippen LogP contribution in [0.3, 0.4) is 0 Å². The van der Waals surface area contributed by atoms with E-state index in [2.05, 4.69) is 5.32 Å². The number of nitrogens with zero attached hydrogens (tertiary/aromatic N) is 2. The maximum absolute atomic E-state index is 14.7. The number of halogens is 1. The van der Waals surface area contributed by atoms with Gasteiger partial charge in [-0.1, -0.05) is 91.7 Å². The average molecular weight is 676 g/mol. The first-order valence-corrected chi connectivity index (χ1v) is 17.3. The Labute approximate surface area is 283 Å². The van der Waals surface area contributed by atoms with E-state index in [1.54, 1.807) is 48.5 Å². The monoisotopic (exact) mass is 675 g/mol. The summed E-state index contributed by atoms with van der Waals surface area (Å²) in [5.74, 6) is -0.433. The topological polar surface area (TPSA) is 96.0 Å². The molecule has 0 saturated carbocycles. The zero-order valence-electron chi connectivity index (χ0n) is 27.4. The van der Waals surface area contributed by atoms with E-state index in [0.717, 1.165) is 21.0 Å². The molecular formula is C37H42ClN3O5S. The van der Waals surface area contributed by atoms with Gasteiger partial charge in [0.15, 0.2) is 0 Å². The number of ether oxygens (including phenoxy) is 1. The number of anilines is 1. The van der Waals surface area contributed by atoms with E-state index in [9.17, 15) is 18.0 Å². The van der Waals surface area contributed by atoms with Gasteiger partial charge in [-0.2, -0.15) is 0 Å². The Morgan fingerprint density at radius 2 is 1.51 bits per heavy atom. The van der Waals surface area contributed by atoms with Crippen LogP contribution in [0.2, 0.25) is 5.02 Å². The second-order valence-electron chi connectivity index (χ2n) is 12.0. The van der Waals surface area contributed by atoms with E-state index in [0.29, 0.717) is 17.1 Å².